The molecular formula is C10H8BrN3. The lowest BCUT2D eigenvalue weighted by Crippen LogP contribution is -1.82. The normalized spacial score (nSPS) is 10.4. The summed E-state index contributed by atoms with van der Waals surface area (Å²) in [4.78, 5) is 7.15. The highest BCUT2D eigenvalue weighted by Gasteiger charge is 2.09. The molecule has 2 aromatic rings. The van der Waals surface area contributed by atoms with Crippen molar-refractivity contribution in [2.75, 3.05) is 0 Å². The van der Waals surface area contributed by atoms with E-state index in [1.54, 1.807) is 6.20 Å². The minimum atomic E-state index is 0.641. The molecular weight excluding hydrogens is 242 g/mol. The first kappa shape index (κ1) is 9.22. The number of nitriles is 1. The Morgan fingerprint density at radius 3 is 3.07 bits per heavy atom. The van der Waals surface area contributed by atoms with Gasteiger partial charge in [-0.25, -0.2) is 4.98 Å². The predicted octanol–water partition coefficient (Wildman–Crippen LogP) is 2.76. The quantitative estimate of drug-likeness (QED) is 0.791. The van der Waals surface area contributed by atoms with E-state index >= 15 is 0 Å². The Morgan fingerprint density at radius 1 is 1.64 bits per heavy atom. The fraction of sp³-hybridized carbons (Fsp3) is 0.200. The zero-order valence-corrected chi connectivity index (χ0v) is 9.22. The maximum Gasteiger partial charge on any atom is 0.121 e. The van der Waals surface area contributed by atoms with Crippen LogP contribution in [0.2, 0.25) is 0 Å². The number of hydrogen-bond donors (Lipinski definition) is 1. The van der Waals surface area contributed by atoms with E-state index in [1.165, 1.54) is 0 Å². The third-order valence-corrected chi connectivity index (χ3v) is 2.66. The predicted molar refractivity (Wildman–Crippen MR) is 57.9 cm³/mol. The molecule has 2 rings (SSSR count). The molecule has 0 atom stereocenters. The molecule has 4 heteroatoms. The molecule has 0 aromatic carbocycles. The van der Waals surface area contributed by atoms with Gasteiger partial charge in [-0.15, -0.1) is 0 Å². The smallest absolute Gasteiger partial charge is 0.121 e. The maximum absolute atomic E-state index is 8.91. The van der Waals surface area contributed by atoms with Crippen molar-refractivity contribution in [1.82, 2.24) is 9.97 Å². The number of hydrogen-bond acceptors (Lipinski definition) is 2. The summed E-state index contributed by atoms with van der Waals surface area (Å²) in [5.74, 6) is 0. The van der Waals surface area contributed by atoms with Crippen LogP contribution in [0, 0.1) is 11.3 Å². The number of nitrogens with one attached hydrogen (secondary N) is 1. The number of nitrogens with zero attached hydrogens (tertiary/aromatic N) is 2. The van der Waals surface area contributed by atoms with Gasteiger partial charge in [0.15, 0.2) is 0 Å². The average molecular weight is 250 g/mol. The van der Waals surface area contributed by atoms with E-state index in [0.29, 0.717) is 5.69 Å². The van der Waals surface area contributed by atoms with Crippen LogP contribution in [0.3, 0.4) is 0 Å². The Balaban J connectivity index is 2.83. The first-order chi connectivity index (χ1) is 6.76. The topological polar surface area (TPSA) is 52.5 Å². The van der Waals surface area contributed by atoms with E-state index in [9.17, 15) is 0 Å². The standard InChI is InChI=1S/C10H8BrN3/c1-2-6-7-3-10(11)13-5-9(7)14-8(6)4-12/h3,5,14H,2H2,1H3. The van der Waals surface area contributed by atoms with E-state index in [4.69, 9.17) is 5.26 Å². The molecule has 0 fully saturated rings. The zero-order valence-electron chi connectivity index (χ0n) is 7.63. The summed E-state index contributed by atoms with van der Waals surface area (Å²) >= 11 is 3.32. The fourth-order valence-corrected chi connectivity index (χ4v) is 1.92. The van der Waals surface area contributed by atoms with Crippen molar-refractivity contribution >= 4 is 26.8 Å². The first-order valence-electron chi connectivity index (χ1n) is 4.32. The van der Waals surface area contributed by atoms with Gasteiger partial charge in [-0.1, -0.05) is 6.92 Å². The first-order valence-corrected chi connectivity index (χ1v) is 5.11. The van der Waals surface area contributed by atoms with Crippen molar-refractivity contribution in [1.29, 1.82) is 5.26 Å². The van der Waals surface area contributed by atoms with Gasteiger partial charge in [0, 0.05) is 5.39 Å². The molecule has 0 amide bonds. The maximum atomic E-state index is 8.91. The summed E-state index contributed by atoms with van der Waals surface area (Å²) in [6.07, 6.45) is 2.58. The van der Waals surface area contributed by atoms with Crippen LogP contribution in [0.15, 0.2) is 16.9 Å². The lowest BCUT2D eigenvalue weighted by atomic mass is 10.1. The van der Waals surface area contributed by atoms with Gasteiger partial charge < -0.3 is 4.98 Å². The van der Waals surface area contributed by atoms with Crippen molar-refractivity contribution in [2.24, 2.45) is 0 Å². The van der Waals surface area contributed by atoms with Crippen LogP contribution in [0.1, 0.15) is 18.2 Å². The number of aromatic nitrogens is 2. The Bertz CT molecular complexity index is 522. The second-order valence-electron chi connectivity index (χ2n) is 3.00. The van der Waals surface area contributed by atoms with Gasteiger partial charge in [-0.2, -0.15) is 5.26 Å². The van der Waals surface area contributed by atoms with E-state index in [-0.39, 0.29) is 0 Å². The van der Waals surface area contributed by atoms with Crippen LogP contribution in [-0.4, -0.2) is 9.97 Å². The second kappa shape index (κ2) is 3.43. The molecule has 1 N–H and O–H groups in total. The summed E-state index contributed by atoms with van der Waals surface area (Å²) < 4.78 is 0.795. The van der Waals surface area contributed by atoms with Gasteiger partial charge in [-0.05, 0) is 34.0 Å². The number of rotatable bonds is 1. The van der Waals surface area contributed by atoms with E-state index in [1.807, 2.05) is 13.0 Å². The highest BCUT2D eigenvalue weighted by Crippen LogP contribution is 2.24. The summed E-state index contributed by atoms with van der Waals surface area (Å²) in [5.41, 5.74) is 2.62. The third kappa shape index (κ3) is 1.30. The molecule has 70 valence electrons. The Kier molecular flexibility index (Phi) is 2.26. The Morgan fingerprint density at radius 2 is 2.43 bits per heavy atom. The van der Waals surface area contributed by atoms with Crippen LogP contribution in [0.4, 0.5) is 0 Å². The van der Waals surface area contributed by atoms with Crippen LogP contribution >= 0.6 is 15.9 Å². The number of H-pyrrole nitrogens is 1. The van der Waals surface area contributed by atoms with E-state index < -0.39 is 0 Å². The number of aromatic amines is 1. The molecule has 0 aliphatic carbocycles. The molecule has 14 heavy (non-hydrogen) atoms. The summed E-state index contributed by atoms with van der Waals surface area (Å²) in [6, 6.07) is 4.09. The average Bonchev–Trinajstić information content (AvgIpc) is 2.54. The Labute approximate surface area is 89.9 Å². The van der Waals surface area contributed by atoms with Crippen LogP contribution < -0.4 is 0 Å². The zero-order chi connectivity index (χ0) is 10.1. The van der Waals surface area contributed by atoms with Gasteiger partial charge in [0.1, 0.15) is 16.4 Å². The number of pyridine rings is 1. The summed E-state index contributed by atoms with van der Waals surface area (Å²) in [5, 5.41) is 9.98. The molecule has 3 nitrogen and oxygen atoms in total. The van der Waals surface area contributed by atoms with Gasteiger partial charge in [0.25, 0.3) is 0 Å². The molecule has 2 heterocycles. The van der Waals surface area contributed by atoms with Gasteiger partial charge in [0.2, 0.25) is 0 Å². The number of fused-ring (bicyclic) bond motifs is 1. The largest absolute Gasteiger partial charge is 0.345 e. The van der Waals surface area contributed by atoms with Crippen LogP contribution in [0.25, 0.3) is 10.9 Å². The van der Waals surface area contributed by atoms with Crippen molar-refractivity contribution < 1.29 is 0 Å². The number of aryl methyl sites for hydroxylation is 1. The van der Waals surface area contributed by atoms with Crippen molar-refractivity contribution in [2.45, 2.75) is 13.3 Å². The van der Waals surface area contributed by atoms with Gasteiger partial charge in [0.05, 0.1) is 11.7 Å². The molecule has 0 radical (unpaired) electrons. The second-order valence-corrected chi connectivity index (χ2v) is 3.81. The molecule has 0 aliphatic rings. The molecule has 0 aliphatic heterocycles. The van der Waals surface area contributed by atoms with Crippen LogP contribution in [0.5, 0.6) is 0 Å². The van der Waals surface area contributed by atoms with Crippen molar-refractivity contribution in [3.8, 4) is 6.07 Å². The lowest BCUT2D eigenvalue weighted by molar-refractivity contribution is 1.14. The molecule has 0 saturated carbocycles. The van der Waals surface area contributed by atoms with Crippen molar-refractivity contribution in [3.05, 3.63) is 28.1 Å². The van der Waals surface area contributed by atoms with Gasteiger partial charge in [-0.3, -0.25) is 0 Å². The lowest BCUT2D eigenvalue weighted by Gasteiger charge is -1.94. The number of halogens is 1. The third-order valence-electron chi connectivity index (χ3n) is 2.22. The molecule has 0 spiro atoms. The molecule has 2 aromatic heterocycles. The molecule has 0 saturated heterocycles. The minimum Gasteiger partial charge on any atom is -0.345 e. The van der Waals surface area contributed by atoms with E-state index in [2.05, 4.69) is 32.0 Å². The molecule has 0 bridgehead atoms. The SMILES string of the molecule is CCc1c(C#N)[nH]c2cnc(Br)cc12. The monoisotopic (exact) mass is 249 g/mol. The summed E-state index contributed by atoms with van der Waals surface area (Å²) in [7, 11) is 0. The van der Waals surface area contributed by atoms with Crippen LogP contribution in [-0.2, 0) is 6.42 Å². The summed E-state index contributed by atoms with van der Waals surface area (Å²) in [6.45, 7) is 2.04. The molecule has 0 unspecified atom stereocenters. The van der Waals surface area contributed by atoms with E-state index in [0.717, 1.165) is 27.5 Å². The van der Waals surface area contributed by atoms with Crippen molar-refractivity contribution in [3.63, 3.8) is 0 Å². The minimum absolute atomic E-state index is 0.641. The Hall–Kier alpha value is -1.34. The van der Waals surface area contributed by atoms with Gasteiger partial charge >= 0.3 is 0 Å². The highest BCUT2D eigenvalue weighted by atomic mass is 79.9. The fourth-order valence-electron chi connectivity index (χ4n) is 1.59. The highest BCUT2D eigenvalue weighted by molar-refractivity contribution is 9.10.